The second-order valence-electron chi connectivity index (χ2n) is 6.72. The number of pyridine rings is 1. The summed E-state index contributed by atoms with van der Waals surface area (Å²) >= 11 is 0. The van der Waals surface area contributed by atoms with Gasteiger partial charge in [0.15, 0.2) is 5.82 Å². The molecule has 1 atom stereocenters. The first kappa shape index (κ1) is 17.0. The van der Waals surface area contributed by atoms with Crippen LogP contribution in [-0.2, 0) is 0 Å². The van der Waals surface area contributed by atoms with Gasteiger partial charge in [0.1, 0.15) is 5.69 Å². The minimum absolute atomic E-state index is 0.00186. The molecule has 8 heteroatoms. The third-order valence-corrected chi connectivity index (χ3v) is 4.59. The van der Waals surface area contributed by atoms with Gasteiger partial charge < -0.3 is 10.6 Å². The molecule has 3 aromatic rings. The zero-order valence-electron chi connectivity index (χ0n) is 14.8. The number of nitrogens with zero attached hydrogens (tertiary/aromatic N) is 3. The molecular formula is C19H20N6O2. The molecule has 8 nitrogen and oxygen atoms in total. The Morgan fingerprint density at radius 1 is 1.26 bits per heavy atom. The lowest BCUT2D eigenvalue weighted by Gasteiger charge is -2.15. The van der Waals surface area contributed by atoms with Crippen molar-refractivity contribution in [2.75, 3.05) is 10.6 Å². The Morgan fingerprint density at radius 3 is 2.81 bits per heavy atom. The van der Waals surface area contributed by atoms with Gasteiger partial charge in [-0.2, -0.15) is 5.10 Å². The van der Waals surface area contributed by atoms with Crippen LogP contribution in [0.2, 0.25) is 0 Å². The van der Waals surface area contributed by atoms with Crippen molar-refractivity contribution in [2.24, 2.45) is 0 Å². The molecule has 0 amide bonds. The zero-order valence-corrected chi connectivity index (χ0v) is 14.8. The number of aromatic amines is 1. The third-order valence-electron chi connectivity index (χ3n) is 4.59. The summed E-state index contributed by atoms with van der Waals surface area (Å²) in [5.74, 6) is 1.12. The van der Waals surface area contributed by atoms with E-state index in [0.717, 1.165) is 29.9 Å². The number of H-pyrrole nitrogens is 1. The molecule has 1 aliphatic carbocycles. The van der Waals surface area contributed by atoms with E-state index in [1.54, 1.807) is 18.3 Å². The van der Waals surface area contributed by atoms with Gasteiger partial charge in [-0.1, -0.05) is 6.07 Å². The fourth-order valence-electron chi connectivity index (χ4n) is 2.98. The molecule has 1 aliphatic rings. The van der Waals surface area contributed by atoms with Gasteiger partial charge in [0.2, 0.25) is 0 Å². The predicted octanol–water partition coefficient (Wildman–Crippen LogP) is 4.51. The van der Waals surface area contributed by atoms with Gasteiger partial charge in [-0.15, -0.1) is 0 Å². The molecule has 4 rings (SSSR count). The number of hydrogen-bond donors (Lipinski definition) is 3. The maximum Gasteiger partial charge on any atom is 0.292 e. The Balaban J connectivity index is 1.56. The Bertz CT molecular complexity index is 952. The Hall–Kier alpha value is -3.42. The van der Waals surface area contributed by atoms with E-state index in [4.69, 9.17) is 0 Å². The highest BCUT2D eigenvalue weighted by Gasteiger charge is 2.26. The van der Waals surface area contributed by atoms with E-state index in [9.17, 15) is 10.1 Å². The van der Waals surface area contributed by atoms with E-state index in [-0.39, 0.29) is 11.7 Å². The number of benzene rings is 1. The Labute approximate surface area is 156 Å². The topological polar surface area (TPSA) is 109 Å². The number of nitrogens with one attached hydrogen (secondary N) is 3. The fraction of sp³-hybridized carbons (Fsp3) is 0.263. The number of anilines is 3. The van der Waals surface area contributed by atoms with E-state index in [1.807, 2.05) is 31.2 Å². The average Bonchev–Trinajstić information content (AvgIpc) is 3.42. The molecule has 2 aromatic heterocycles. The highest BCUT2D eigenvalue weighted by atomic mass is 16.6. The molecule has 1 aromatic carbocycles. The maximum atomic E-state index is 11.4. The van der Waals surface area contributed by atoms with Crippen LogP contribution < -0.4 is 10.6 Å². The summed E-state index contributed by atoms with van der Waals surface area (Å²) < 4.78 is 0. The minimum atomic E-state index is -0.400. The monoisotopic (exact) mass is 364 g/mol. The SMILES string of the molecule is C[C@H](Nc1ccc([N+](=O)[O-])c(Nc2cc(C3CC3)[nH]n2)c1)c1ccccn1. The summed E-state index contributed by atoms with van der Waals surface area (Å²) in [6, 6.07) is 12.5. The Kier molecular flexibility index (Phi) is 4.45. The molecule has 0 aliphatic heterocycles. The van der Waals surface area contributed by atoms with E-state index >= 15 is 0 Å². The van der Waals surface area contributed by atoms with Crippen LogP contribution in [0.25, 0.3) is 0 Å². The lowest BCUT2D eigenvalue weighted by Crippen LogP contribution is -2.08. The minimum Gasteiger partial charge on any atom is -0.377 e. The summed E-state index contributed by atoms with van der Waals surface area (Å²) in [6.45, 7) is 1.99. The molecule has 0 bridgehead atoms. The molecule has 0 radical (unpaired) electrons. The van der Waals surface area contributed by atoms with Gasteiger partial charge in [0, 0.05) is 35.6 Å². The molecule has 1 saturated carbocycles. The van der Waals surface area contributed by atoms with Gasteiger partial charge in [-0.3, -0.25) is 20.2 Å². The van der Waals surface area contributed by atoms with Crippen molar-refractivity contribution in [1.82, 2.24) is 15.2 Å². The predicted molar refractivity (Wildman–Crippen MR) is 103 cm³/mol. The van der Waals surface area contributed by atoms with Crippen LogP contribution in [0.3, 0.4) is 0 Å². The molecular weight excluding hydrogens is 344 g/mol. The van der Waals surface area contributed by atoms with Gasteiger partial charge in [0.05, 0.1) is 16.7 Å². The smallest absolute Gasteiger partial charge is 0.292 e. The highest BCUT2D eigenvalue weighted by Crippen LogP contribution is 2.40. The largest absolute Gasteiger partial charge is 0.377 e. The average molecular weight is 364 g/mol. The van der Waals surface area contributed by atoms with Crippen LogP contribution in [0, 0.1) is 10.1 Å². The van der Waals surface area contributed by atoms with Crippen LogP contribution in [0.15, 0.2) is 48.7 Å². The van der Waals surface area contributed by atoms with Gasteiger partial charge >= 0.3 is 0 Å². The summed E-state index contributed by atoms with van der Waals surface area (Å²) in [7, 11) is 0. The van der Waals surface area contributed by atoms with E-state index in [1.165, 1.54) is 6.07 Å². The van der Waals surface area contributed by atoms with Gasteiger partial charge in [0.25, 0.3) is 5.69 Å². The maximum absolute atomic E-state index is 11.4. The Morgan fingerprint density at radius 2 is 2.11 bits per heavy atom. The summed E-state index contributed by atoms with van der Waals surface area (Å²) in [4.78, 5) is 15.3. The van der Waals surface area contributed by atoms with Crippen molar-refractivity contribution in [3.05, 3.63) is 70.2 Å². The van der Waals surface area contributed by atoms with Gasteiger partial charge in [-0.25, -0.2) is 0 Å². The summed E-state index contributed by atoms with van der Waals surface area (Å²) in [5.41, 5.74) is 3.12. The van der Waals surface area contributed by atoms with Gasteiger partial charge in [-0.05, 0) is 44.0 Å². The van der Waals surface area contributed by atoms with E-state index in [0.29, 0.717) is 17.4 Å². The van der Waals surface area contributed by atoms with Crippen molar-refractivity contribution in [3.8, 4) is 0 Å². The van der Waals surface area contributed by atoms with Crippen molar-refractivity contribution in [2.45, 2.75) is 31.7 Å². The normalized spacial score (nSPS) is 14.6. The van der Waals surface area contributed by atoms with Crippen LogP contribution >= 0.6 is 0 Å². The van der Waals surface area contributed by atoms with Crippen LogP contribution in [0.1, 0.15) is 43.1 Å². The first-order chi connectivity index (χ1) is 13.1. The second-order valence-corrected chi connectivity index (χ2v) is 6.72. The quantitative estimate of drug-likeness (QED) is 0.420. The standard InChI is InChI=1S/C19H20N6O2/c1-12(15-4-2-3-9-20-15)21-14-7-8-18(25(26)27)17(10-14)22-19-11-16(23-24-19)13-5-6-13/h2-4,7-13,21H,5-6H2,1H3,(H2,22,23,24)/t12-/m0/s1. The van der Waals surface area contributed by atoms with Crippen molar-refractivity contribution in [1.29, 1.82) is 0 Å². The highest BCUT2D eigenvalue weighted by molar-refractivity contribution is 5.73. The summed E-state index contributed by atoms with van der Waals surface area (Å²) in [6.07, 6.45) is 4.06. The molecule has 2 heterocycles. The van der Waals surface area contributed by atoms with Crippen LogP contribution in [-0.4, -0.2) is 20.1 Å². The molecule has 0 spiro atoms. The fourth-order valence-corrected chi connectivity index (χ4v) is 2.98. The third kappa shape index (κ3) is 3.89. The van der Waals surface area contributed by atoms with E-state index < -0.39 is 4.92 Å². The number of nitro groups is 1. The van der Waals surface area contributed by atoms with Crippen LogP contribution in [0.5, 0.6) is 0 Å². The van der Waals surface area contributed by atoms with Crippen molar-refractivity contribution < 1.29 is 4.92 Å². The molecule has 138 valence electrons. The van der Waals surface area contributed by atoms with Crippen molar-refractivity contribution >= 4 is 22.9 Å². The first-order valence-corrected chi connectivity index (χ1v) is 8.88. The molecule has 27 heavy (non-hydrogen) atoms. The van der Waals surface area contributed by atoms with Crippen molar-refractivity contribution in [3.63, 3.8) is 0 Å². The summed E-state index contributed by atoms with van der Waals surface area (Å²) in [5, 5.41) is 25.0. The lowest BCUT2D eigenvalue weighted by molar-refractivity contribution is -0.383. The number of rotatable bonds is 7. The zero-order chi connectivity index (χ0) is 18.8. The molecule has 1 fully saturated rings. The number of hydrogen-bond acceptors (Lipinski definition) is 6. The van der Waals surface area contributed by atoms with Crippen LogP contribution in [0.4, 0.5) is 22.9 Å². The lowest BCUT2D eigenvalue weighted by atomic mass is 10.2. The molecule has 3 N–H and O–H groups in total. The number of nitro benzene ring substituents is 1. The van der Waals surface area contributed by atoms with E-state index in [2.05, 4.69) is 25.8 Å². The molecule has 0 saturated heterocycles. The number of aromatic nitrogens is 3. The molecule has 0 unspecified atom stereocenters. The first-order valence-electron chi connectivity index (χ1n) is 8.88. The second kappa shape index (κ2) is 7.06.